The third-order valence-corrected chi connectivity index (χ3v) is 3.58. The van der Waals surface area contributed by atoms with E-state index in [1.54, 1.807) is 0 Å². The third kappa shape index (κ3) is 3.25. The second kappa shape index (κ2) is 5.42. The minimum atomic E-state index is 0.0887. The van der Waals surface area contributed by atoms with Gasteiger partial charge < -0.3 is 10.5 Å². The van der Waals surface area contributed by atoms with Crippen LogP contribution in [0.15, 0.2) is 24.3 Å². The second-order valence-corrected chi connectivity index (χ2v) is 5.60. The Morgan fingerprint density at radius 3 is 2.50 bits per heavy atom. The largest absolute Gasteiger partial charge is 0.490 e. The van der Waals surface area contributed by atoms with Gasteiger partial charge >= 0.3 is 0 Å². The fraction of sp³-hybridized carbons (Fsp3) is 0.533. The van der Waals surface area contributed by atoms with Gasteiger partial charge in [0.25, 0.3) is 0 Å². The average Bonchev–Trinajstić information content (AvgIpc) is 2.27. The molecular weight excluding hydrogens is 224 g/mol. The van der Waals surface area contributed by atoms with Crippen LogP contribution in [0.5, 0.6) is 5.75 Å². The molecule has 1 aromatic rings. The van der Waals surface area contributed by atoms with E-state index >= 15 is 0 Å². The molecule has 1 fully saturated rings. The molecule has 0 heterocycles. The zero-order chi connectivity index (χ0) is 13.1. The van der Waals surface area contributed by atoms with Crippen molar-refractivity contribution >= 4 is 5.84 Å². The van der Waals surface area contributed by atoms with Crippen LogP contribution in [0.3, 0.4) is 0 Å². The normalized spacial score (nSPS) is 27.8. The molecular formula is C15H22N2O. The summed E-state index contributed by atoms with van der Waals surface area (Å²) < 4.78 is 6.03. The van der Waals surface area contributed by atoms with Crippen molar-refractivity contribution in [3.05, 3.63) is 29.8 Å². The highest BCUT2D eigenvalue weighted by atomic mass is 16.5. The molecule has 0 saturated heterocycles. The Labute approximate surface area is 109 Å². The molecule has 1 aliphatic carbocycles. The zero-order valence-corrected chi connectivity index (χ0v) is 11.1. The summed E-state index contributed by atoms with van der Waals surface area (Å²) in [5, 5.41) is 7.44. The number of nitrogen functional groups attached to an aromatic ring is 1. The predicted molar refractivity (Wildman–Crippen MR) is 74.1 cm³/mol. The van der Waals surface area contributed by atoms with Gasteiger partial charge in [-0.15, -0.1) is 0 Å². The van der Waals surface area contributed by atoms with Gasteiger partial charge in [-0.1, -0.05) is 26.0 Å². The highest BCUT2D eigenvalue weighted by molar-refractivity contribution is 5.95. The van der Waals surface area contributed by atoms with Crippen LogP contribution >= 0.6 is 0 Å². The van der Waals surface area contributed by atoms with E-state index in [-0.39, 0.29) is 5.84 Å². The average molecular weight is 246 g/mol. The van der Waals surface area contributed by atoms with Crippen molar-refractivity contribution in [3.63, 3.8) is 0 Å². The van der Waals surface area contributed by atoms with Crippen molar-refractivity contribution in [1.82, 2.24) is 0 Å². The van der Waals surface area contributed by atoms with Gasteiger partial charge in [-0.3, -0.25) is 5.41 Å². The Morgan fingerprint density at radius 2 is 1.89 bits per heavy atom. The van der Waals surface area contributed by atoms with Gasteiger partial charge in [0.2, 0.25) is 0 Å². The van der Waals surface area contributed by atoms with Crippen LogP contribution in [0.4, 0.5) is 0 Å². The molecule has 0 aliphatic heterocycles. The van der Waals surface area contributed by atoms with Crippen molar-refractivity contribution in [2.24, 2.45) is 17.6 Å². The standard InChI is InChI=1S/C15H22N2O/c1-10-6-11(2)8-14(7-10)18-13-5-3-4-12(9-13)15(16)17/h3-5,9-11,14H,6-8H2,1-2H3,(H3,16,17). The molecule has 0 amide bonds. The first-order valence-electron chi connectivity index (χ1n) is 6.65. The van der Waals surface area contributed by atoms with Crippen LogP contribution in [-0.4, -0.2) is 11.9 Å². The van der Waals surface area contributed by atoms with Crippen LogP contribution < -0.4 is 10.5 Å². The van der Waals surface area contributed by atoms with Crippen LogP contribution in [0.2, 0.25) is 0 Å². The maximum Gasteiger partial charge on any atom is 0.122 e. The fourth-order valence-corrected chi connectivity index (χ4v) is 2.90. The molecule has 2 rings (SSSR count). The zero-order valence-electron chi connectivity index (χ0n) is 11.1. The summed E-state index contributed by atoms with van der Waals surface area (Å²) in [6, 6.07) is 7.52. The molecule has 1 aliphatic rings. The van der Waals surface area contributed by atoms with E-state index in [4.69, 9.17) is 15.9 Å². The van der Waals surface area contributed by atoms with E-state index in [9.17, 15) is 0 Å². The summed E-state index contributed by atoms with van der Waals surface area (Å²) in [6.45, 7) is 4.58. The second-order valence-electron chi connectivity index (χ2n) is 5.60. The first-order chi connectivity index (χ1) is 8.54. The molecule has 98 valence electrons. The topological polar surface area (TPSA) is 59.1 Å². The van der Waals surface area contributed by atoms with Gasteiger partial charge in [0.05, 0.1) is 6.10 Å². The number of nitrogens with one attached hydrogen (secondary N) is 1. The van der Waals surface area contributed by atoms with Gasteiger partial charge in [-0.05, 0) is 43.2 Å². The first-order valence-corrected chi connectivity index (χ1v) is 6.65. The molecule has 2 unspecified atom stereocenters. The van der Waals surface area contributed by atoms with E-state index in [0.717, 1.165) is 36.0 Å². The highest BCUT2D eigenvalue weighted by Gasteiger charge is 2.25. The summed E-state index contributed by atoms with van der Waals surface area (Å²) in [4.78, 5) is 0. The van der Waals surface area contributed by atoms with Crippen molar-refractivity contribution in [2.45, 2.75) is 39.2 Å². The van der Waals surface area contributed by atoms with Crippen molar-refractivity contribution in [2.75, 3.05) is 0 Å². The quantitative estimate of drug-likeness (QED) is 0.635. The number of hydrogen-bond donors (Lipinski definition) is 2. The van der Waals surface area contributed by atoms with Gasteiger partial charge in [0.15, 0.2) is 0 Å². The number of nitrogens with two attached hydrogens (primary N) is 1. The molecule has 0 aromatic heterocycles. The summed E-state index contributed by atoms with van der Waals surface area (Å²) >= 11 is 0. The Kier molecular flexibility index (Phi) is 3.90. The third-order valence-electron chi connectivity index (χ3n) is 3.58. The molecule has 1 aromatic carbocycles. The number of ether oxygens (including phenoxy) is 1. The van der Waals surface area contributed by atoms with E-state index in [2.05, 4.69) is 13.8 Å². The van der Waals surface area contributed by atoms with Gasteiger partial charge in [-0.25, -0.2) is 0 Å². The number of rotatable bonds is 3. The summed E-state index contributed by atoms with van der Waals surface area (Å²) in [5.74, 6) is 2.38. The maximum absolute atomic E-state index is 7.44. The minimum absolute atomic E-state index is 0.0887. The molecule has 18 heavy (non-hydrogen) atoms. The lowest BCUT2D eigenvalue weighted by atomic mass is 9.82. The van der Waals surface area contributed by atoms with Crippen molar-refractivity contribution in [1.29, 1.82) is 5.41 Å². The smallest absolute Gasteiger partial charge is 0.122 e. The Bertz CT molecular complexity index is 420. The lowest BCUT2D eigenvalue weighted by Gasteiger charge is -2.31. The fourth-order valence-electron chi connectivity index (χ4n) is 2.90. The molecule has 0 bridgehead atoms. The van der Waals surface area contributed by atoms with E-state index in [0.29, 0.717) is 6.10 Å². The lowest BCUT2D eigenvalue weighted by molar-refractivity contribution is 0.101. The minimum Gasteiger partial charge on any atom is -0.490 e. The molecule has 0 radical (unpaired) electrons. The Hall–Kier alpha value is -1.51. The monoisotopic (exact) mass is 246 g/mol. The molecule has 0 spiro atoms. The van der Waals surface area contributed by atoms with Crippen LogP contribution in [0, 0.1) is 17.2 Å². The Balaban J connectivity index is 2.04. The van der Waals surface area contributed by atoms with E-state index in [1.165, 1.54) is 6.42 Å². The summed E-state index contributed by atoms with van der Waals surface area (Å²) in [6.07, 6.45) is 3.84. The highest BCUT2D eigenvalue weighted by Crippen LogP contribution is 2.31. The van der Waals surface area contributed by atoms with Crippen LogP contribution in [0.1, 0.15) is 38.7 Å². The van der Waals surface area contributed by atoms with Crippen LogP contribution in [0.25, 0.3) is 0 Å². The molecule has 3 heteroatoms. The van der Waals surface area contributed by atoms with E-state index in [1.807, 2.05) is 24.3 Å². The summed E-state index contributed by atoms with van der Waals surface area (Å²) in [7, 11) is 0. The van der Waals surface area contributed by atoms with Crippen molar-refractivity contribution in [3.8, 4) is 5.75 Å². The van der Waals surface area contributed by atoms with Crippen molar-refractivity contribution < 1.29 is 4.74 Å². The molecule has 3 N–H and O–H groups in total. The van der Waals surface area contributed by atoms with Gasteiger partial charge in [0.1, 0.15) is 11.6 Å². The number of amidine groups is 1. The van der Waals surface area contributed by atoms with Gasteiger partial charge in [-0.2, -0.15) is 0 Å². The SMILES string of the molecule is CC1CC(C)CC(Oc2cccc(C(=N)N)c2)C1. The van der Waals surface area contributed by atoms with E-state index < -0.39 is 0 Å². The maximum atomic E-state index is 7.44. The lowest BCUT2D eigenvalue weighted by Crippen LogP contribution is -2.28. The van der Waals surface area contributed by atoms with Crippen LogP contribution in [-0.2, 0) is 0 Å². The number of benzene rings is 1. The summed E-state index contributed by atoms with van der Waals surface area (Å²) in [5.41, 5.74) is 6.21. The molecule has 2 atom stereocenters. The molecule has 1 saturated carbocycles. The predicted octanol–water partition coefficient (Wildman–Crippen LogP) is 3.17. The first kappa shape index (κ1) is 12.9. The van der Waals surface area contributed by atoms with Gasteiger partial charge in [0, 0.05) is 5.56 Å². The molecule has 3 nitrogen and oxygen atoms in total. The number of hydrogen-bond acceptors (Lipinski definition) is 2. The Morgan fingerprint density at radius 1 is 1.22 bits per heavy atom.